The maximum absolute atomic E-state index is 11.8. The number of primary amides is 1. The highest BCUT2D eigenvalue weighted by atomic mass is 32.2. The summed E-state index contributed by atoms with van der Waals surface area (Å²) in [6.45, 7) is -0.197. The van der Waals surface area contributed by atoms with Gasteiger partial charge in [-0.3, -0.25) is 9.59 Å². The molecule has 19 heavy (non-hydrogen) atoms. The molecule has 0 bridgehead atoms. The van der Waals surface area contributed by atoms with Crippen molar-refractivity contribution in [3.63, 3.8) is 0 Å². The fourth-order valence-corrected chi connectivity index (χ4v) is 2.69. The van der Waals surface area contributed by atoms with Crippen LogP contribution in [0.15, 0.2) is 23.1 Å². The Balaban J connectivity index is 2.43. The normalized spacial score (nSPS) is 13.9. The van der Waals surface area contributed by atoms with Gasteiger partial charge in [-0.25, -0.2) is 4.79 Å². The SMILES string of the molecule is COC(=O)c1ccc2c(c1)N(CC(N)=O)C(=O)CS2. The molecule has 0 aromatic heterocycles. The molecule has 1 aliphatic heterocycles. The van der Waals surface area contributed by atoms with Crippen molar-refractivity contribution < 1.29 is 19.1 Å². The number of anilines is 1. The molecule has 2 amide bonds. The van der Waals surface area contributed by atoms with Gasteiger partial charge in [-0.1, -0.05) is 0 Å². The van der Waals surface area contributed by atoms with Gasteiger partial charge in [-0.15, -0.1) is 11.8 Å². The number of amides is 2. The van der Waals surface area contributed by atoms with E-state index < -0.39 is 11.9 Å². The van der Waals surface area contributed by atoms with Crippen LogP contribution in [-0.2, 0) is 14.3 Å². The van der Waals surface area contributed by atoms with Crippen molar-refractivity contribution in [1.82, 2.24) is 0 Å². The van der Waals surface area contributed by atoms with Gasteiger partial charge in [0.25, 0.3) is 0 Å². The summed E-state index contributed by atoms with van der Waals surface area (Å²) < 4.78 is 4.63. The Kier molecular flexibility index (Phi) is 3.75. The molecule has 0 fully saturated rings. The van der Waals surface area contributed by atoms with Crippen molar-refractivity contribution in [2.75, 3.05) is 24.3 Å². The first-order valence-electron chi connectivity index (χ1n) is 5.46. The second kappa shape index (κ2) is 5.31. The Labute approximate surface area is 113 Å². The molecule has 0 aliphatic carbocycles. The summed E-state index contributed by atoms with van der Waals surface area (Å²) >= 11 is 1.36. The van der Waals surface area contributed by atoms with Crippen LogP contribution in [0.25, 0.3) is 0 Å². The molecule has 0 saturated heterocycles. The van der Waals surface area contributed by atoms with Crippen LogP contribution in [-0.4, -0.2) is 37.2 Å². The molecule has 6 nitrogen and oxygen atoms in total. The summed E-state index contributed by atoms with van der Waals surface area (Å²) in [6, 6.07) is 4.89. The highest BCUT2D eigenvalue weighted by Gasteiger charge is 2.26. The van der Waals surface area contributed by atoms with E-state index in [1.54, 1.807) is 12.1 Å². The maximum Gasteiger partial charge on any atom is 0.337 e. The fourth-order valence-electron chi connectivity index (χ4n) is 1.78. The van der Waals surface area contributed by atoms with E-state index in [0.29, 0.717) is 11.3 Å². The molecule has 0 saturated carbocycles. The average molecular weight is 280 g/mol. The topological polar surface area (TPSA) is 89.7 Å². The van der Waals surface area contributed by atoms with Crippen LogP contribution in [0, 0.1) is 0 Å². The lowest BCUT2D eigenvalue weighted by Crippen LogP contribution is -2.41. The van der Waals surface area contributed by atoms with Crippen molar-refractivity contribution in [3.05, 3.63) is 23.8 Å². The molecule has 1 aromatic carbocycles. The van der Waals surface area contributed by atoms with Gasteiger partial charge < -0.3 is 15.4 Å². The van der Waals surface area contributed by atoms with Crippen LogP contribution in [0.4, 0.5) is 5.69 Å². The van der Waals surface area contributed by atoms with E-state index in [1.165, 1.54) is 29.8 Å². The van der Waals surface area contributed by atoms with Crippen molar-refractivity contribution in [2.24, 2.45) is 5.73 Å². The summed E-state index contributed by atoms with van der Waals surface area (Å²) in [5.74, 6) is -1.06. The first kappa shape index (κ1) is 13.4. The average Bonchev–Trinajstić information content (AvgIpc) is 2.40. The van der Waals surface area contributed by atoms with E-state index in [4.69, 9.17) is 5.73 Å². The number of hydrogen-bond donors (Lipinski definition) is 1. The predicted octanol–water partition coefficient (Wildman–Crippen LogP) is 0.397. The van der Waals surface area contributed by atoms with Gasteiger partial charge in [0.1, 0.15) is 6.54 Å². The highest BCUT2D eigenvalue weighted by Crippen LogP contribution is 2.35. The number of esters is 1. The van der Waals surface area contributed by atoms with Gasteiger partial charge in [-0.05, 0) is 18.2 Å². The van der Waals surface area contributed by atoms with Crippen molar-refractivity contribution in [3.8, 4) is 0 Å². The van der Waals surface area contributed by atoms with E-state index in [-0.39, 0.29) is 18.2 Å². The molecule has 0 unspecified atom stereocenters. The number of carbonyl (C=O) groups is 3. The Morgan fingerprint density at radius 3 is 2.84 bits per heavy atom. The molecule has 2 N–H and O–H groups in total. The minimum absolute atomic E-state index is 0.197. The number of thioether (sulfide) groups is 1. The molecule has 1 aromatic rings. The number of methoxy groups -OCH3 is 1. The second-order valence-electron chi connectivity index (χ2n) is 3.91. The van der Waals surface area contributed by atoms with Crippen LogP contribution in [0.5, 0.6) is 0 Å². The monoisotopic (exact) mass is 280 g/mol. The number of ether oxygens (including phenoxy) is 1. The number of hydrogen-bond acceptors (Lipinski definition) is 5. The number of rotatable bonds is 3. The third kappa shape index (κ3) is 2.70. The van der Waals surface area contributed by atoms with Gasteiger partial charge >= 0.3 is 5.97 Å². The van der Waals surface area contributed by atoms with Gasteiger partial charge in [0.05, 0.1) is 24.1 Å². The Morgan fingerprint density at radius 2 is 2.21 bits per heavy atom. The lowest BCUT2D eigenvalue weighted by molar-refractivity contribution is -0.121. The molecule has 0 spiro atoms. The number of benzene rings is 1. The maximum atomic E-state index is 11.8. The number of fused-ring (bicyclic) bond motifs is 1. The van der Waals surface area contributed by atoms with Gasteiger partial charge in [0, 0.05) is 4.90 Å². The Hall–Kier alpha value is -2.02. The van der Waals surface area contributed by atoms with Crippen LogP contribution in [0.3, 0.4) is 0 Å². The molecule has 1 aliphatic rings. The van der Waals surface area contributed by atoms with E-state index >= 15 is 0 Å². The quantitative estimate of drug-likeness (QED) is 0.809. The van der Waals surface area contributed by atoms with Crippen molar-refractivity contribution in [1.29, 1.82) is 0 Å². The zero-order valence-electron chi connectivity index (χ0n) is 10.2. The molecule has 2 rings (SSSR count). The first-order valence-corrected chi connectivity index (χ1v) is 6.45. The zero-order valence-corrected chi connectivity index (χ0v) is 11.0. The van der Waals surface area contributed by atoms with Crippen LogP contribution in [0.2, 0.25) is 0 Å². The lowest BCUT2D eigenvalue weighted by atomic mass is 10.1. The summed E-state index contributed by atoms with van der Waals surface area (Å²) in [7, 11) is 1.28. The molecule has 0 atom stereocenters. The number of nitrogens with two attached hydrogens (primary N) is 1. The molecule has 1 heterocycles. The summed E-state index contributed by atoms with van der Waals surface area (Å²) in [5.41, 5.74) is 5.98. The Bertz CT molecular complexity index is 559. The predicted molar refractivity (Wildman–Crippen MR) is 70.1 cm³/mol. The van der Waals surface area contributed by atoms with Gasteiger partial charge in [0.15, 0.2) is 0 Å². The fraction of sp³-hybridized carbons (Fsp3) is 0.250. The van der Waals surface area contributed by atoms with E-state index in [1.807, 2.05) is 0 Å². The number of nitrogens with zero attached hydrogens (tertiary/aromatic N) is 1. The van der Waals surface area contributed by atoms with Crippen molar-refractivity contribution >= 4 is 35.2 Å². The smallest absolute Gasteiger partial charge is 0.337 e. The van der Waals surface area contributed by atoms with Crippen LogP contribution in [0.1, 0.15) is 10.4 Å². The summed E-state index contributed by atoms with van der Waals surface area (Å²) in [6.07, 6.45) is 0. The summed E-state index contributed by atoms with van der Waals surface area (Å²) in [5, 5.41) is 0. The third-order valence-electron chi connectivity index (χ3n) is 2.64. The van der Waals surface area contributed by atoms with E-state index in [2.05, 4.69) is 4.74 Å². The van der Waals surface area contributed by atoms with Crippen LogP contribution < -0.4 is 10.6 Å². The molecule has 0 radical (unpaired) electrons. The lowest BCUT2D eigenvalue weighted by Gasteiger charge is -2.28. The van der Waals surface area contributed by atoms with E-state index in [9.17, 15) is 14.4 Å². The van der Waals surface area contributed by atoms with Gasteiger partial charge in [-0.2, -0.15) is 0 Å². The molecule has 100 valence electrons. The zero-order chi connectivity index (χ0) is 14.0. The second-order valence-corrected chi connectivity index (χ2v) is 4.93. The highest BCUT2D eigenvalue weighted by molar-refractivity contribution is 8.00. The summed E-state index contributed by atoms with van der Waals surface area (Å²) in [4.78, 5) is 36.5. The van der Waals surface area contributed by atoms with Crippen molar-refractivity contribution in [2.45, 2.75) is 4.90 Å². The molecular weight excluding hydrogens is 268 g/mol. The first-order chi connectivity index (χ1) is 9.02. The molecular formula is C12H12N2O4S. The minimum atomic E-state index is -0.602. The van der Waals surface area contributed by atoms with E-state index in [0.717, 1.165) is 4.90 Å². The number of carbonyl (C=O) groups excluding carboxylic acids is 3. The standard InChI is InChI=1S/C12H12N2O4S/c1-18-12(17)7-2-3-9-8(4-7)14(5-10(13)15)11(16)6-19-9/h2-4H,5-6H2,1H3,(H2,13,15). The van der Waals surface area contributed by atoms with Gasteiger partial charge in [0.2, 0.25) is 11.8 Å². The van der Waals surface area contributed by atoms with Crippen LogP contribution >= 0.6 is 11.8 Å². The molecule has 7 heteroatoms. The largest absolute Gasteiger partial charge is 0.465 e. The third-order valence-corrected chi connectivity index (χ3v) is 3.68. The minimum Gasteiger partial charge on any atom is -0.465 e. The Morgan fingerprint density at radius 1 is 1.47 bits per heavy atom.